The van der Waals surface area contributed by atoms with Crippen molar-refractivity contribution in [2.45, 2.75) is 0 Å². The lowest BCUT2D eigenvalue weighted by Gasteiger charge is -1.73. The van der Waals surface area contributed by atoms with E-state index >= 15 is 0 Å². The van der Waals surface area contributed by atoms with Crippen LogP contribution in [0, 0.1) is 0 Å². The number of hydrogen-bond acceptors (Lipinski definition) is 4. The van der Waals surface area contributed by atoms with Crippen LogP contribution in [0.25, 0.3) is 0 Å². The van der Waals surface area contributed by atoms with E-state index in [0.29, 0.717) is 0 Å². The van der Waals surface area contributed by atoms with Crippen LogP contribution in [0.1, 0.15) is 0 Å². The first-order valence-electron chi connectivity index (χ1n) is 1.19. The fraction of sp³-hybridized carbons (Fsp3) is 0.500. The van der Waals surface area contributed by atoms with Gasteiger partial charge in [-0.15, -0.1) is 0 Å². The third kappa shape index (κ3) is 32.9. The average Bonchev–Trinajstić information content (AvgIpc) is 1.38. The molecule has 0 heterocycles. The van der Waals surface area contributed by atoms with Crippen molar-refractivity contribution in [1.29, 1.82) is 0 Å². The molecule has 0 amide bonds. The molecular formula is C2H11N3O2. The summed E-state index contributed by atoms with van der Waals surface area (Å²) in [5.41, 5.74) is 4.57. The Labute approximate surface area is 41.7 Å². The van der Waals surface area contributed by atoms with Crippen molar-refractivity contribution in [2.24, 2.45) is 5.73 Å². The van der Waals surface area contributed by atoms with E-state index in [1.165, 1.54) is 0 Å². The highest BCUT2D eigenvalue weighted by atomic mass is 16.4. The summed E-state index contributed by atoms with van der Waals surface area (Å²) in [7, 11) is 0. The molecule has 5 nitrogen and oxygen atoms in total. The molecule has 0 rings (SSSR count). The van der Waals surface area contributed by atoms with E-state index in [-0.39, 0.29) is 18.8 Å². The Hall–Kier alpha value is -0.650. The number of rotatable bonds is 1. The van der Waals surface area contributed by atoms with Crippen LogP contribution in [-0.2, 0) is 4.79 Å². The van der Waals surface area contributed by atoms with Gasteiger partial charge in [0.1, 0.15) is 0 Å². The maximum Gasteiger partial charge on any atom is 0.317 e. The first-order valence-corrected chi connectivity index (χ1v) is 1.19. The molecule has 0 aromatic rings. The van der Waals surface area contributed by atoms with Gasteiger partial charge in [-0.25, -0.2) is 0 Å². The van der Waals surface area contributed by atoms with E-state index in [1.807, 2.05) is 0 Å². The number of carboxylic acid groups (broad SMARTS) is 1. The lowest BCUT2D eigenvalue weighted by Crippen LogP contribution is -2.10. The Morgan fingerprint density at radius 3 is 1.71 bits per heavy atom. The minimum atomic E-state index is -0.968. The Morgan fingerprint density at radius 2 is 1.71 bits per heavy atom. The van der Waals surface area contributed by atoms with Gasteiger partial charge in [-0.3, -0.25) is 4.79 Å². The van der Waals surface area contributed by atoms with Gasteiger partial charge in [0.05, 0.1) is 6.54 Å². The van der Waals surface area contributed by atoms with Gasteiger partial charge in [0, 0.05) is 0 Å². The summed E-state index contributed by atoms with van der Waals surface area (Å²) >= 11 is 0. The molecule has 0 saturated heterocycles. The fourth-order valence-electron chi connectivity index (χ4n) is 0. The number of nitrogens with two attached hydrogens (primary N) is 1. The summed E-state index contributed by atoms with van der Waals surface area (Å²) < 4.78 is 0. The normalized spacial score (nSPS) is 5.29. The Bertz CT molecular complexity index is 46.2. The van der Waals surface area contributed by atoms with Gasteiger partial charge in [-0.2, -0.15) is 0 Å². The summed E-state index contributed by atoms with van der Waals surface area (Å²) in [6, 6.07) is 0. The van der Waals surface area contributed by atoms with E-state index in [1.54, 1.807) is 0 Å². The molecule has 0 radical (unpaired) electrons. The molecule has 0 spiro atoms. The van der Waals surface area contributed by atoms with Crippen LogP contribution in [0.5, 0.6) is 0 Å². The van der Waals surface area contributed by atoms with Crippen molar-refractivity contribution in [3.8, 4) is 0 Å². The smallest absolute Gasteiger partial charge is 0.317 e. The zero-order valence-electron chi connectivity index (χ0n) is 4.05. The lowest BCUT2D eigenvalue weighted by molar-refractivity contribution is -0.135. The van der Waals surface area contributed by atoms with Crippen molar-refractivity contribution in [3.05, 3.63) is 0 Å². The van der Waals surface area contributed by atoms with Crippen LogP contribution in [0.2, 0.25) is 0 Å². The Balaban J connectivity index is -0.0000000800. The molecule has 0 fully saturated rings. The molecule has 0 saturated carbocycles. The monoisotopic (exact) mass is 109 g/mol. The second kappa shape index (κ2) is 9.02. The van der Waals surface area contributed by atoms with Crippen LogP contribution < -0.4 is 18.0 Å². The molecule has 9 N–H and O–H groups in total. The number of hydrogen-bond donors (Lipinski definition) is 4. The molecule has 0 aliphatic rings. The minimum absolute atomic E-state index is 0. The number of carboxylic acids is 1. The molecule has 46 valence electrons. The molecule has 5 heteroatoms. The number of aliphatic carboxylic acids is 1. The predicted molar refractivity (Wildman–Crippen MR) is 26.7 cm³/mol. The van der Waals surface area contributed by atoms with E-state index < -0.39 is 5.97 Å². The SMILES string of the molecule is N.N.NCC(=O)O. The maximum absolute atomic E-state index is 9.24. The highest BCUT2D eigenvalue weighted by Gasteiger charge is 1.81. The third-order valence-corrected chi connectivity index (χ3v) is 0.175. The van der Waals surface area contributed by atoms with Crippen molar-refractivity contribution < 1.29 is 9.90 Å². The van der Waals surface area contributed by atoms with Crippen molar-refractivity contribution in [1.82, 2.24) is 12.3 Å². The second-order valence-corrected chi connectivity index (χ2v) is 0.598. The van der Waals surface area contributed by atoms with Crippen LogP contribution in [-0.4, -0.2) is 17.6 Å². The zero-order chi connectivity index (χ0) is 4.28. The standard InChI is InChI=1S/C2H5NO2.2H3N/c3-1-2(4)5;;/h1,3H2,(H,4,5);2*1H3. The highest BCUT2D eigenvalue weighted by molar-refractivity contribution is 5.68. The molecule has 0 unspecified atom stereocenters. The summed E-state index contributed by atoms with van der Waals surface area (Å²) in [6.07, 6.45) is 0. The first kappa shape index (κ1) is 16.2. The van der Waals surface area contributed by atoms with Crippen LogP contribution in [0.4, 0.5) is 0 Å². The second-order valence-electron chi connectivity index (χ2n) is 0.598. The number of carbonyl (C=O) groups is 1. The Morgan fingerprint density at radius 1 is 1.57 bits per heavy atom. The third-order valence-electron chi connectivity index (χ3n) is 0.175. The largest absolute Gasteiger partial charge is 0.480 e. The highest BCUT2D eigenvalue weighted by Crippen LogP contribution is 1.43. The summed E-state index contributed by atoms with van der Waals surface area (Å²) in [4.78, 5) is 9.24. The lowest BCUT2D eigenvalue weighted by atomic mass is 10.7. The molecule has 0 atom stereocenters. The van der Waals surface area contributed by atoms with Crippen molar-refractivity contribution >= 4 is 5.97 Å². The molecule has 0 aliphatic heterocycles. The van der Waals surface area contributed by atoms with Gasteiger partial charge >= 0.3 is 5.97 Å². The summed E-state index contributed by atoms with van der Waals surface area (Å²) in [6.45, 7) is -0.278. The molecule has 0 bridgehead atoms. The summed E-state index contributed by atoms with van der Waals surface area (Å²) in [5.74, 6) is -0.968. The van der Waals surface area contributed by atoms with Gasteiger partial charge < -0.3 is 23.1 Å². The van der Waals surface area contributed by atoms with E-state index in [4.69, 9.17) is 5.11 Å². The van der Waals surface area contributed by atoms with Gasteiger partial charge in [-0.05, 0) is 0 Å². The molecule has 7 heavy (non-hydrogen) atoms. The van der Waals surface area contributed by atoms with Gasteiger partial charge in [0.15, 0.2) is 0 Å². The van der Waals surface area contributed by atoms with Crippen LogP contribution in [0.3, 0.4) is 0 Å². The van der Waals surface area contributed by atoms with E-state index in [9.17, 15) is 4.79 Å². The molecular weight excluding hydrogens is 98.0 g/mol. The van der Waals surface area contributed by atoms with Crippen molar-refractivity contribution in [3.63, 3.8) is 0 Å². The van der Waals surface area contributed by atoms with Gasteiger partial charge in [0.25, 0.3) is 0 Å². The summed E-state index contributed by atoms with van der Waals surface area (Å²) in [5, 5.41) is 7.60. The molecule has 0 aromatic carbocycles. The first-order chi connectivity index (χ1) is 2.27. The molecule has 0 aromatic heterocycles. The van der Waals surface area contributed by atoms with Gasteiger partial charge in [0.2, 0.25) is 0 Å². The van der Waals surface area contributed by atoms with Crippen LogP contribution in [0.15, 0.2) is 0 Å². The predicted octanol–water partition coefficient (Wildman–Crippen LogP) is -0.646. The minimum Gasteiger partial charge on any atom is -0.480 e. The maximum atomic E-state index is 9.24. The average molecular weight is 109 g/mol. The van der Waals surface area contributed by atoms with Crippen molar-refractivity contribution in [2.75, 3.05) is 6.54 Å². The van der Waals surface area contributed by atoms with Crippen LogP contribution >= 0.6 is 0 Å². The molecule has 0 aliphatic carbocycles. The van der Waals surface area contributed by atoms with Gasteiger partial charge in [-0.1, -0.05) is 0 Å². The fourth-order valence-corrected chi connectivity index (χ4v) is 0. The zero-order valence-corrected chi connectivity index (χ0v) is 4.05. The van der Waals surface area contributed by atoms with E-state index in [2.05, 4.69) is 5.73 Å². The quantitative estimate of drug-likeness (QED) is 0.355. The van der Waals surface area contributed by atoms with E-state index in [0.717, 1.165) is 0 Å². The topological polar surface area (TPSA) is 133 Å². The Kier molecular flexibility index (Phi) is 20.9.